The number of piperazine rings is 1. The molecule has 1 fully saturated rings. The Bertz CT molecular complexity index is 316. The first-order valence-electron chi connectivity index (χ1n) is 5.22. The molecule has 1 aromatic heterocycles. The third kappa shape index (κ3) is 2.27. The Labute approximate surface area is 88.7 Å². The smallest absolute Gasteiger partial charge is 0.244 e. The highest BCUT2D eigenvalue weighted by Crippen LogP contribution is 2.12. The minimum atomic E-state index is -0.0931. The number of hydrogen-bond donors (Lipinski definition) is 3. The predicted octanol–water partition coefficient (Wildman–Crippen LogP) is -0.516. The van der Waals surface area contributed by atoms with Gasteiger partial charge >= 0.3 is 0 Å². The Morgan fingerprint density at radius 3 is 2.60 bits per heavy atom. The summed E-state index contributed by atoms with van der Waals surface area (Å²) in [4.78, 5) is 6.33. The van der Waals surface area contributed by atoms with E-state index in [1.54, 1.807) is 0 Å². The first-order valence-corrected chi connectivity index (χ1v) is 5.22. The molecule has 1 aromatic rings. The van der Waals surface area contributed by atoms with Gasteiger partial charge in [-0.2, -0.15) is 4.98 Å². The van der Waals surface area contributed by atoms with E-state index in [4.69, 9.17) is 5.11 Å². The summed E-state index contributed by atoms with van der Waals surface area (Å²) in [7, 11) is 0. The maximum atomic E-state index is 8.89. The number of aromatic amines is 1. The van der Waals surface area contributed by atoms with Gasteiger partial charge in [-0.15, -0.1) is 5.10 Å². The van der Waals surface area contributed by atoms with Crippen LogP contribution in [0.4, 0.5) is 5.95 Å². The van der Waals surface area contributed by atoms with Gasteiger partial charge in [0, 0.05) is 25.2 Å². The molecule has 84 valence electrons. The highest BCUT2D eigenvalue weighted by Gasteiger charge is 2.23. The zero-order valence-electron chi connectivity index (χ0n) is 9.06. The fourth-order valence-electron chi connectivity index (χ4n) is 1.99. The predicted molar refractivity (Wildman–Crippen MR) is 56.6 cm³/mol. The monoisotopic (exact) mass is 211 g/mol. The molecule has 1 aliphatic rings. The summed E-state index contributed by atoms with van der Waals surface area (Å²) < 4.78 is 0. The maximum Gasteiger partial charge on any atom is 0.244 e. The molecule has 0 radical (unpaired) electrons. The molecule has 0 spiro atoms. The number of nitrogens with zero attached hydrogens (tertiary/aromatic N) is 3. The number of aromatic nitrogens is 3. The number of rotatable bonds is 2. The summed E-state index contributed by atoms with van der Waals surface area (Å²) in [6.07, 6.45) is 0. The summed E-state index contributed by atoms with van der Waals surface area (Å²) in [5.74, 6) is 1.20. The maximum absolute atomic E-state index is 8.89. The van der Waals surface area contributed by atoms with Gasteiger partial charge in [0.15, 0.2) is 5.82 Å². The van der Waals surface area contributed by atoms with Crippen molar-refractivity contribution in [2.45, 2.75) is 32.5 Å². The van der Waals surface area contributed by atoms with Crippen molar-refractivity contribution in [3.63, 3.8) is 0 Å². The van der Waals surface area contributed by atoms with E-state index < -0.39 is 0 Å². The zero-order valence-corrected chi connectivity index (χ0v) is 9.06. The van der Waals surface area contributed by atoms with Crippen LogP contribution in [0.3, 0.4) is 0 Å². The van der Waals surface area contributed by atoms with E-state index in [1.165, 1.54) is 0 Å². The largest absolute Gasteiger partial charge is 0.388 e. The minimum Gasteiger partial charge on any atom is -0.388 e. The lowest BCUT2D eigenvalue weighted by molar-refractivity contribution is 0.272. The van der Waals surface area contributed by atoms with Gasteiger partial charge in [0.1, 0.15) is 6.61 Å². The Morgan fingerprint density at radius 1 is 1.40 bits per heavy atom. The van der Waals surface area contributed by atoms with Crippen molar-refractivity contribution in [2.75, 3.05) is 18.0 Å². The van der Waals surface area contributed by atoms with E-state index in [9.17, 15) is 0 Å². The van der Waals surface area contributed by atoms with Crippen LogP contribution in [-0.4, -0.2) is 45.5 Å². The van der Waals surface area contributed by atoms with Gasteiger partial charge in [-0.05, 0) is 13.8 Å². The molecule has 1 aliphatic heterocycles. The van der Waals surface area contributed by atoms with Gasteiger partial charge in [-0.25, -0.2) is 0 Å². The standard InChI is InChI=1S/C9H17N5O/c1-6-3-14(4-7(2)10-6)9-11-8(5-15)12-13-9/h6-7,10,15H,3-5H2,1-2H3,(H,11,12,13). The summed E-state index contributed by atoms with van der Waals surface area (Å²) in [5, 5.41) is 19.1. The second-order valence-corrected chi connectivity index (χ2v) is 4.11. The molecule has 6 nitrogen and oxygen atoms in total. The van der Waals surface area contributed by atoms with E-state index in [2.05, 4.69) is 39.2 Å². The van der Waals surface area contributed by atoms with Crippen LogP contribution < -0.4 is 10.2 Å². The van der Waals surface area contributed by atoms with E-state index in [-0.39, 0.29) is 6.61 Å². The van der Waals surface area contributed by atoms with Crippen molar-refractivity contribution in [1.29, 1.82) is 0 Å². The van der Waals surface area contributed by atoms with Gasteiger partial charge in [0.2, 0.25) is 5.95 Å². The molecule has 0 amide bonds. The van der Waals surface area contributed by atoms with Gasteiger partial charge in [0.25, 0.3) is 0 Å². The minimum absolute atomic E-state index is 0.0931. The van der Waals surface area contributed by atoms with Crippen LogP contribution in [0.15, 0.2) is 0 Å². The molecule has 2 unspecified atom stereocenters. The first kappa shape index (κ1) is 10.4. The highest BCUT2D eigenvalue weighted by molar-refractivity contribution is 5.30. The molecule has 2 rings (SSSR count). The van der Waals surface area contributed by atoms with Crippen LogP contribution in [-0.2, 0) is 6.61 Å². The number of aliphatic hydroxyl groups is 1. The Kier molecular flexibility index (Phi) is 2.88. The number of hydrogen-bond acceptors (Lipinski definition) is 5. The van der Waals surface area contributed by atoms with Gasteiger partial charge < -0.3 is 15.3 Å². The number of nitrogens with one attached hydrogen (secondary N) is 2. The van der Waals surface area contributed by atoms with Crippen molar-refractivity contribution < 1.29 is 5.11 Å². The molecule has 3 N–H and O–H groups in total. The molecule has 0 aliphatic carbocycles. The number of H-pyrrole nitrogens is 1. The van der Waals surface area contributed by atoms with Gasteiger partial charge in [-0.3, -0.25) is 5.10 Å². The van der Waals surface area contributed by atoms with Crippen molar-refractivity contribution >= 4 is 5.95 Å². The molecule has 0 saturated carbocycles. The average molecular weight is 211 g/mol. The van der Waals surface area contributed by atoms with Crippen LogP contribution >= 0.6 is 0 Å². The average Bonchev–Trinajstić information content (AvgIpc) is 2.64. The molecular weight excluding hydrogens is 194 g/mol. The number of anilines is 1. The Morgan fingerprint density at radius 2 is 2.07 bits per heavy atom. The van der Waals surface area contributed by atoms with Gasteiger partial charge in [-0.1, -0.05) is 0 Å². The second kappa shape index (κ2) is 4.16. The SMILES string of the molecule is CC1CN(c2n[nH]c(CO)n2)CC(C)N1. The van der Waals surface area contributed by atoms with Crippen LogP contribution in [0.5, 0.6) is 0 Å². The lowest BCUT2D eigenvalue weighted by Crippen LogP contribution is -2.54. The lowest BCUT2D eigenvalue weighted by Gasteiger charge is -2.35. The molecule has 0 bridgehead atoms. The quantitative estimate of drug-likeness (QED) is 0.614. The molecular formula is C9H17N5O. The van der Waals surface area contributed by atoms with Gasteiger partial charge in [0.05, 0.1) is 0 Å². The van der Waals surface area contributed by atoms with Crippen LogP contribution in [0, 0.1) is 0 Å². The second-order valence-electron chi connectivity index (χ2n) is 4.11. The Hall–Kier alpha value is -1.14. The van der Waals surface area contributed by atoms with E-state index in [0.717, 1.165) is 13.1 Å². The van der Waals surface area contributed by atoms with E-state index in [0.29, 0.717) is 23.9 Å². The molecule has 2 atom stereocenters. The zero-order chi connectivity index (χ0) is 10.8. The number of aliphatic hydroxyl groups excluding tert-OH is 1. The summed E-state index contributed by atoms with van der Waals surface area (Å²) in [6.45, 7) is 5.98. The van der Waals surface area contributed by atoms with Crippen LogP contribution in [0.1, 0.15) is 19.7 Å². The first-order chi connectivity index (χ1) is 7.19. The third-order valence-corrected chi connectivity index (χ3v) is 2.51. The summed E-state index contributed by atoms with van der Waals surface area (Å²) in [5.41, 5.74) is 0. The molecule has 15 heavy (non-hydrogen) atoms. The van der Waals surface area contributed by atoms with E-state index >= 15 is 0 Å². The van der Waals surface area contributed by atoms with Crippen molar-refractivity contribution in [3.05, 3.63) is 5.82 Å². The molecule has 6 heteroatoms. The van der Waals surface area contributed by atoms with Crippen LogP contribution in [0.2, 0.25) is 0 Å². The molecule has 2 heterocycles. The summed E-state index contributed by atoms with van der Waals surface area (Å²) in [6, 6.07) is 0.870. The molecule has 1 saturated heterocycles. The van der Waals surface area contributed by atoms with Crippen molar-refractivity contribution in [2.24, 2.45) is 0 Å². The Balaban J connectivity index is 2.09. The highest BCUT2D eigenvalue weighted by atomic mass is 16.3. The fourth-order valence-corrected chi connectivity index (χ4v) is 1.99. The summed E-state index contributed by atoms with van der Waals surface area (Å²) >= 11 is 0. The van der Waals surface area contributed by atoms with Crippen LogP contribution in [0.25, 0.3) is 0 Å². The van der Waals surface area contributed by atoms with E-state index in [1.807, 2.05) is 0 Å². The normalized spacial score (nSPS) is 27.0. The lowest BCUT2D eigenvalue weighted by atomic mass is 10.1. The third-order valence-electron chi connectivity index (χ3n) is 2.51. The van der Waals surface area contributed by atoms with Crippen molar-refractivity contribution in [1.82, 2.24) is 20.5 Å². The van der Waals surface area contributed by atoms with Crippen molar-refractivity contribution in [3.8, 4) is 0 Å². The molecule has 0 aromatic carbocycles. The topological polar surface area (TPSA) is 77.1 Å². The fraction of sp³-hybridized carbons (Fsp3) is 0.778.